The lowest BCUT2D eigenvalue weighted by Crippen LogP contribution is -2.22. The van der Waals surface area contributed by atoms with E-state index in [1.807, 2.05) is 6.92 Å². The van der Waals surface area contributed by atoms with Crippen LogP contribution in [0.4, 0.5) is 0 Å². The average molecular weight is 471 g/mol. The number of halogens is 3. The molecule has 0 nitrogen and oxygen atoms in total. The van der Waals surface area contributed by atoms with Crippen LogP contribution in [0.1, 0.15) is 36.1 Å². The van der Waals surface area contributed by atoms with E-state index in [0.29, 0.717) is 0 Å². The van der Waals surface area contributed by atoms with Gasteiger partial charge in [-0.1, -0.05) is 73.2 Å². The Hall–Kier alpha value is -0.0551. The van der Waals surface area contributed by atoms with Gasteiger partial charge in [0.05, 0.1) is 0 Å². The quantitative estimate of drug-likeness (QED) is 0.493. The molecule has 4 heteroatoms. The van der Waals surface area contributed by atoms with Crippen molar-refractivity contribution in [2.24, 2.45) is 0 Å². The van der Waals surface area contributed by atoms with Crippen molar-refractivity contribution in [1.82, 2.24) is 0 Å². The van der Waals surface area contributed by atoms with Crippen LogP contribution in [0.3, 0.4) is 0 Å². The third-order valence-corrected chi connectivity index (χ3v) is 6.58. The van der Waals surface area contributed by atoms with Gasteiger partial charge in [-0.15, -0.1) is 0 Å². The first-order valence-corrected chi connectivity index (χ1v) is 9.04. The highest BCUT2D eigenvalue weighted by molar-refractivity contribution is 9.11. The molecule has 0 unspecified atom stereocenters. The summed E-state index contributed by atoms with van der Waals surface area (Å²) < 4.78 is 3.27. The van der Waals surface area contributed by atoms with E-state index in [-0.39, 0.29) is 5.41 Å². The second-order valence-electron chi connectivity index (χ2n) is 5.86. The first-order valence-electron chi connectivity index (χ1n) is 6.67. The Balaban J connectivity index is 2.61. The summed E-state index contributed by atoms with van der Waals surface area (Å²) in [4.78, 5) is 0. The van der Waals surface area contributed by atoms with Gasteiger partial charge in [0.15, 0.2) is 0 Å². The summed E-state index contributed by atoms with van der Waals surface area (Å²) >= 11 is 10.9. The number of hydrogen-bond donors (Lipinski definition) is 0. The lowest BCUT2D eigenvalue weighted by Gasteiger charge is -2.28. The van der Waals surface area contributed by atoms with Crippen LogP contribution in [0.15, 0.2) is 37.7 Å². The molecule has 0 atom stereocenters. The van der Waals surface area contributed by atoms with Gasteiger partial charge in [0.1, 0.15) is 7.85 Å². The van der Waals surface area contributed by atoms with Crippen molar-refractivity contribution in [3.8, 4) is 0 Å². The monoisotopic (exact) mass is 468 g/mol. The van der Waals surface area contributed by atoms with Crippen LogP contribution < -0.4 is 5.46 Å². The minimum Gasteiger partial charge on any atom is -0.0924 e. The predicted molar refractivity (Wildman–Crippen MR) is 103 cm³/mol. The fourth-order valence-electron chi connectivity index (χ4n) is 2.23. The van der Waals surface area contributed by atoms with Gasteiger partial charge < -0.3 is 0 Å². The highest BCUT2D eigenvalue weighted by atomic mass is 79.9. The van der Waals surface area contributed by atoms with Crippen LogP contribution in [0.5, 0.6) is 0 Å². The topological polar surface area (TPSA) is 0 Å². The Morgan fingerprint density at radius 2 is 1.14 bits per heavy atom. The van der Waals surface area contributed by atoms with Crippen LogP contribution in [0.25, 0.3) is 0 Å². The highest BCUT2D eigenvalue weighted by Crippen LogP contribution is 2.37. The summed E-state index contributed by atoms with van der Waals surface area (Å²) in [6.45, 7) is 8.54. The van der Waals surface area contributed by atoms with Gasteiger partial charge in [0, 0.05) is 18.8 Å². The third-order valence-electron chi connectivity index (χ3n) is 4.11. The van der Waals surface area contributed by atoms with Gasteiger partial charge in [-0.2, -0.15) is 0 Å². The molecule has 0 fully saturated rings. The molecule has 2 rings (SSSR count). The normalized spacial score (nSPS) is 11.8. The van der Waals surface area contributed by atoms with E-state index in [1.165, 1.54) is 16.7 Å². The summed E-state index contributed by atoms with van der Waals surface area (Å²) in [5.74, 6) is 0. The molecular weight excluding hydrogens is 455 g/mol. The Labute approximate surface area is 153 Å². The standard InChI is InChI=1S/C17H16BBr3/c1-9-13(18)5-11(6-14(9)19)17(3,4)12-7-15(20)10(2)16(21)8-12/h5-8H,1-4H3. The molecule has 108 valence electrons. The molecule has 0 N–H and O–H groups in total. The molecule has 0 amide bonds. The largest absolute Gasteiger partial charge is 0.114 e. The molecule has 21 heavy (non-hydrogen) atoms. The third kappa shape index (κ3) is 3.33. The van der Waals surface area contributed by atoms with E-state index in [2.05, 4.69) is 92.8 Å². The molecule has 0 aromatic heterocycles. The van der Waals surface area contributed by atoms with Crippen LogP contribution in [0.2, 0.25) is 0 Å². The van der Waals surface area contributed by atoms with Crippen LogP contribution >= 0.6 is 47.8 Å². The molecule has 0 aliphatic carbocycles. The molecule has 2 radical (unpaired) electrons. The summed E-state index contributed by atoms with van der Waals surface area (Å²) in [5.41, 5.74) is 5.41. The van der Waals surface area contributed by atoms with Crippen LogP contribution in [0, 0.1) is 13.8 Å². The highest BCUT2D eigenvalue weighted by Gasteiger charge is 2.25. The zero-order chi connectivity index (χ0) is 15.9. The van der Waals surface area contributed by atoms with E-state index in [1.54, 1.807) is 0 Å². The maximum absolute atomic E-state index is 6.13. The Morgan fingerprint density at radius 1 is 0.762 bits per heavy atom. The number of benzene rings is 2. The lowest BCUT2D eigenvalue weighted by molar-refractivity contribution is 0.639. The zero-order valence-corrected chi connectivity index (χ0v) is 17.3. The Kier molecular flexibility index (Phi) is 5.12. The molecule has 0 aliphatic rings. The van der Waals surface area contributed by atoms with Gasteiger partial charge in [-0.05, 0) is 54.3 Å². The Morgan fingerprint density at radius 3 is 1.57 bits per heavy atom. The summed E-state index contributed by atoms with van der Waals surface area (Å²) in [6, 6.07) is 8.60. The summed E-state index contributed by atoms with van der Waals surface area (Å²) in [5, 5.41) is 0. The molecule has 0 bridgehead atoms. The van der Waals surface area contributed by atoms with Crippen LogP contribution in [-0.4, -0.2) is 7.85 Å². The van der Waals surface area contributed by atoms with Gasteiger partial charge in [-0.25, -0.2) is 0 Å². The fourth-order valence-corrected chi connectivity index (χ4v) is 3.90. The van der Waals surface area contributed by atoms with Gasteiger partial charge in [0.2, 0.25) is 0 Å². The number of rotatable bonds is 2. The molecule has 0 heterocycles. The van der Waals surface area contributed by atoms with E-state index in [9.17, 15) is 0 Å². The fraction of sp³-hybridized carbons (Fsp3) is 0.294. The molecule has 2 aromatic carbocycles. The maximum atomic E-state index is 6.13. The van der Waals surface area contributed by atoms with Crippen molar-refractivity contribution in [3.63, 3.8) is 0 Å². The SMILES string of the molecule is [B]c1cc(C(C)(C)c2cc(Br)c(C)c(Br)c2)cc(Br)c1C. The van der Waals surface area contributed by atoms with Crippen molar-refractivity contribution >= 4 is 61.1 Å². The van der Waals surface area contributed by atoms with Gasteiger partial charge in [-0.3, -0.25) is 0 Å². The van der Waals surface area contributed by atoms with Gasteiger partial charge >= 0.3 is 0 Å². The van der Waals surface area contributed by atoms with E-state index < -0.39 is 0 Å². The second-order valence-corrected chi connectivity index (χ2v) is 8.43. The summed E-state index contributed by atoms with van der Waals surface area (Å²) in [7, 11) is 6.13. The van der Waals surface area contributed by atoms with E-state index >= 15 is 0 Å². The van der Waals surface area contributed by atoms with E-state index in [0.717, 1.165) is 24.4 Å². The molecule has 0 aliphatic heterocycles. The van der Waals surface area contributed by atoms with E-state index in [4.69, 9.17) is 7.85 Å². The molecular formula is C17H16BBr3. The zero-order valence-electron chi connectivity index (χ0n) is 12.5. The first kappa shape index (κ1) is 17.3. The molecule has 0 saturated heterocycles. The smallest absolute Gasteiger partial charge is 0.0924 e. The number of hydrogen-bond acceptors (Lipinski definition) is 0. The van der Waals surface area contributed by atoms with Crippen LogP contribution in [-0.2, 0) is 5.41 Å². The van der Waals surface area contributed by atoms with Crippen molar-refractivity contribution in [2.75, 3.05) is 0 Å². The molecule has 2 aromatic rings. The average Bonchev–Trinajstić information content (AvgIpc) is 2.40. The first-order chi connectivity index (χ1) is 9.64. The maximum Gasteiger partial charge on any atom is 0.114 e. The van der Waals surface area contributed by atoms with Crippen molar-refractivity contribution in [1.29, 1.82) is 0 Å². The van der Waals surface area contributed by atoms with Crippen molar-refractivity contribution in [3.05, 3.63) is 59.9 Å². The second kappa shape index (κ2) is 6.21. The predicted octanol–water partition coefficient (Wildman–Crippen LogP) is 5.71. The van der Waals surface area contributed by atoms with Crippen molar-refractivity contribution < 1.29 is 0 Å². The lowest BCUT2D eigenvalue weighted by atomic mass is 9.75. The summed E-state index contributed by atoms with van der Waals surface area (Å²) in [6.07, 6.45) is 0. The molecule has 0 spiro atoms. The Bertz CT molecular complexity index is 600. The minimum atomic E-state index is -0.136. The minimum absolute atomic E-state index is 0.136. The van der Waals surface area contributed by atoms with Gasteiger partial charge in [0.25, 0.3) is 0 Å². The van der Waals surface area contributed by atoms with Crippen molar-refractivity contribution in [2.45, 2.75) is 33.1 Å². The molecule has 0 saturated carbocycles.